The van der Waals surface area contributed by atoms with Crippen LogP contribution >= 0.6 is 23.4 Å². The fraction of sp³-hybridized carbons (Fsp3) is 0.235. The van der Waals surface area contributed by atoms with Crippen molar-refractivity contribution in [1.29, 1.82) is 0 Å². The van der Waals surface area contributed by atoms with Gasteiger partial charge < -0.3 is 0 Å². The predicted molar refractivity (Wildman–Crippen MR) is 99.3 cm³/mol. The summed E-state index contributed by atoms with van der Waals surface area (Å²) in [7, 11) is -0.522. The number of halogens is 1. The zero-order chi connectivity index (χ0) is 17.7. The van der Waals surface area contributed by atoms with E-state index in [1.165, 1.54) is 38.0 Å². The summed E-state index contributed by atoms with van der Waals surface area (Å²) >= 11 is 7.34. The van der Waals surface area contributed by atoms with Crippen molar-refractivity contribution in [2.75, 3.05) is 19.8 Å². The maximum atomic E-state index is 12.2. The molecule has 2 rings (SSSR count). The van der Waals surface area contributed by atoms with Gasteiger partial charge in [0.15, 0.2) is 5.78 Å². The number of sulfonamides is 1. The lowest BCUT2D eigenvalue weighted by Gasteiger charge is -2.11. The minimum Gasteiger partial charge on any atom is -0.293 e. The Bertz CT molecular complexity index is 801. The van der Waals surface area contributed by atoms with E-state index in [0.29, 0.717) is 16.3 Å². The lowest BCUT2D eigenvalue weighted by molar-refractivity contribution is 0.102. The smallest absolute Gasteiger partial charge is 0.242 e. The molecule has 0 spiro atoms. The molecule has 0 atom stereocenters. The van der Waals surface area contributed by atoms with Crippen molar-refractivity contribution in [1.82, 2.24) is 4.31 Å². The molecular formula is C17H18ClNO3S2. The highest BCUT2D eigenvalue weighted by molar-refractivity contribution is 7.99. The zero-order valence-electron chi connectivity index (χ0n) is 13.4. The average Bonchev–Trinajstić information content (AvgIpc) is 2.56. The molecule has 128 valence electrons. The first-order chi connectivity index (χ1) is 11.3. The van der Waals surface area contributed by atoms with E-state index in [9.17, 15) is 13.2 Å². The van der Waals surface area contributed by atoms with E-state index in [2.05, 4.69) is 0 Å². The lowest BCUT2D eigenvalue weighted by atomic mass is 10.1. The predicted octanol–water partition coefficient (Wildman–Crippen LogP) is 3.71. The van der Waals surface area contributed by atoms with Crippen LogP contribution in [-0.4, -0.2) is 38.4 Å². The maximum Gasteiger partial charge on any atom is 0.242 e. The van der Waals surface area contributed by atoms with Crippen molar-refractivity contribution >= 4 is 39.2 Å². The van der Waals surface area contributed by atoms with E-state index in [-0.39, 0.29) is 10.7 Å². The molecule has 2 aromatic carbocycles. The molecule has 24 heavy (non-hydrogen) atoms. The monoisotopic (exact) mass is 383 g/mol. The molecule has 0 saturated carbocycles. The summed E-state index contributed by atoms with van der Waals surface area (Å²) in [6.45, 7) is 0. The fourth-order valence-corrected chi connectivity index (χ4v) is 3.86. The number of Topliss-reactive ketones (excluding diaryl/α,β-unsaturated/α-hetero) is 1. The molecule has 0 fully saturated rings. The Kier molecular flexibility index (Phi) is 6.46. The minimum absolute atomic E-state index is 0.0252. The van der Waals surface area contributed by atoms with Crippen LogP contribution in [-0.2, 0) is 15.8 Å². The molecule has 0 aliphatic carbocycles. The third kappa shape index (κ3) is 4.83. The summed E-state index contributed by atoms with van der Waals surface area (Å²) in [5.41, 5.74) is 1.61. The van der Waals surface area contributed by atoms with Crippen LogP contribution in [0.15, 0.2) is 53.4 Å². The number of thioether (sulfide) groups is 1. The largest absolute Gasteiger partial charge is 0.293 e. The van der Waals surface area contributed by atoms with Crippen LogP contribution in [0.2, 0.25) is 5.02 Å². The molecule has 0 aromatic heterocycles. The average molecular weight is 384 g/mol. The van der Waals surface area contributed by atoms with Gasteiger partial charge in [-0.05, 0) is 29.8 Å². The summed E-state index contributed by atoms with van der Waals surface area (Å²) in [5.74, 6) is 1.03. The van der Waals surface area contributed by atoms with E-state index in [4.69, 9.17) is 11.6 Å². The van der Waals surface area contributed by atoms with Crippen LogP contribution in [0, 0.1) is 0 Å². The fourth-order valence-electron chi connectivity index (χ4n) is 1.95. The van der Waals surface area contributed by atoms with E-state index < -0.39 is 10.0 Å². The molecule has 0 N–H and O–H groups in total. The summed E-state index contributed by atoms with van der Waals surface area (Å²) < 4.78 is 25.1. The second-order valence-electron chi connectivity index (χ2n) is 5.35. The SMILES string of the molecule is CN(C)S(=O)(=O)c1ccc(C(=O)CSCc2ccc(Cl)cc2)cc1. The number of carbonyl (C=O) groups excluding carboxylic acids is 1. The van der Waals surface area contributed by atoms with Gasteiger partial charge in [0, 0.05) is 30.4 Å². The lowest BCUT2D eigenvalue weighted by Crippen LogP contribution is -2.22. The Labute approximate surface area is 151 Å². The normalized spacial score (nSPS) is 11.7. The Hall–Kier alpha value is -1.34. The van der Waals surface area contributed by atoms with Crippen LogP contribution in [0.1, 0.15) is 15.9 Å². The number of hydrogen-bond donors (Lipinski definition) is 0. The van der Waals surface area contributed by atoms with Gasteiger partial charge in [-0.2, -0.15) is 0 Å². The summed E-state index contributed by atoms with van der Waals surface area (Å²) in [6.07, 6.45) is 0. The maximum absolute atomic E-state index is 12.2. The van der Waals surface area contributed by atoms with Gasteiger partial charge in [0.2, 0.25) is 10.0 Å². The standard InChI is InChI=1S/C17H18ClNO3S2/c1-19(2)24(21,22)16-9-5-14(6-10-16)17(20)12-23-11-13-3-7-15(18)8-4-13/h3-10H,11-12H2,1-2H3. The van der Waals surface area contributed by atoms with Gasteiger partial charge in [0.1, 0.15) is 0 Å². The van der Waals surface area contributed by atoms with Gasteiger partial charge in [0.25, 0.3) is 0 Å². The number of nitrogens with zero attached hydrogens (tertiary/aromatic N) is 1. The van der Waals surface area contributed by atoms with Crippen LogP contribution in [0.3, 0.4) is 0 Å². The third-order valence-corrected chi connectivity index (χ3v) is 6.46. The Morgan fingerprint density at radius 2 is 1.62 bits per heavy atom. The highest BCUT2D eigenvalue weighted by atomic mass is 35.5. The molecule has 7 heteroatoms. The molecule has 0 saturated heterocycles. The van der Waals surface area contributed by atoms with Crippen LogP contribution in [0.25, 0.3) is 0 Å². The molecule has 0 heterocycles. The number of ketones is 1. The van der Waals surface area contributed by atoms with Crippen molar-refractivity contribution in [2.24, 2.45) is 0 Å². The Morgan fingerprint density at radius 1 is 1.04 bits per heavy atom. The van der Waals surface area contributed by atoms with E-state index in [1.54, 1.807) is 12.1 Å². The number of carbonyl (C=O) groups is 1. The van der Waals surface area contributed by atoms with Gasteiger partial charge in [-0.25, -0.2) is 12.7 Å². The first-order valence-corrected chi connectivity index (χ1v) is 10.2. The molecule has 0 radical (unpaired) electrons. The van der Waals surface area contributed by atoms with E-state index in [1.807, 2.05) is 24.3 Å². The summed E-state index contributed by atoms with van der Waals surface area (Å²) in [4.78, 5) is 12.4. The summed E-state index contributed by atoms with van der Waals surface area (Å²) in [5, 5.41) is 0.688. The first-order valence-electron chi connectivity index (χ1n) is 7.18. The van der Waals surface area contributed by atoms with Gasteiger partial charge in [0.05, 0.1) is 10.6 Å². The van der Waals surface area contributed by atoms with Crippen molar-refractivity contribution in [3.63, 3.8) is 0 Å². The van der Waals surface area contributed by atoms with Gasteiger partial charge in [-0.3, -0.25) is 4.79 Å². The van der Waals surface area contributed by atoms with E-state index >= 15 is 0 Å². The Morgan fingerprint density at radius 3 is 2.17 bits per heavy atom. The topological polar surface area (TPSA) is 54.5 Å². The van der Waals surface area contributed by atoms with Crippen LogP contribution in [0.4, 0.5) is 0 Å². The quantitative estimate of drug-likeness (QED) is 0.684. The van der Waals surface area contributed by atoms with Gasteiger partial charge in [-0.1, -0.05) is 35.9 Å². The number of rotatable bonds is 7. The summed E-state index contributed by atoms with van der Waals surface area (Å²) in [6, 6.07) is 13.6. The van der Waals surface area contributed by atoms with Crippen molar-refractivity contribution in [3.05, 3.63) is 64.7 Å². The molecule has 4 nitrogen and oxygen atoms in total. The first kappa shape index (κ1) is 19.0. The molecule has 0 aliphatic heterocycles. The zero-order valence-corrected chi connectivity index (χ0v) is 15.8. The third-order valence-electron chi connectivity index (χ3n) is 3.37. The highest BCUT2D eigenvalue weighted by Crippen LogP contribution is 2.18. The molecule has 2 aromatic rings. The van der Waals surface area contributed by atoms with Crippen molar-refractivity contribution in [2.45, 2.75) is 10.6 Å². The van der Waals surface area contributed by atoms with Gasteiger partial charge >= 0.3 is 0 Å². The number of hydrogen-bond acceptors (Lipinski definition) is 4. The Balaban J connectivity index is 1.94. The van der Waals surface area contributed by atoms with Crippen LogP contribution < -0.4 is 0 Å². The molecule has 0 aliphatic rings. The van der Waals surface area contributed by atoms with Crippen molar-refractivity contribution in [3.8, 4) is 0 Å². The second kappa shape index (κ2) is 8.16. The minimum atomic E-state index is -3.47. The van der Waals surface area contributed by atoms with E-state index in [0.717, 1.165) is 15.6 Å². The number of benzene rings is 2. The second-order valence-corrected chi connectivity index (χ2v) is 8.93. The molecular weight excluding hydrogens is 366 g/mol. The van der Waals surface area contributed by atoms with Crippen LogP contribution in [0.5, 0.6) is 0 Å². The molecule has 0 bridgehead atoms. The molecule has 0 unspecified atom stereocenters. The highest BCUT2D eigenvalue weighted by Gasteiger charge is 2.17. The van der Waals surface area contributed by atoms with Crippen molar-refractivity contribution < 1.29 is 13.2 Å². The van der Waals surface area contributed by atoms with Gasteiger partial charge in [-0.15, -0.1) is 11.8 Å². The molecule has 0 amide bonds.